The van der Waals surface area contributed by atoms with Crippen LogP contribution in [-0.4, -0.2) is 15.8 Å². The second-order valence-corrected chi connectivity index (χ2v) is 3.30. The van der Waals surface area contributed by atoms with Crippen molar-refractivity contribution in [1.29, 1.82) is 0 Å². The zero-order valence-electron chi connectivity index (χ0n) is 8.43. The lowest BCUT2D eigenvalue weighted by Gasteiger charge is -1.99. The zero-order valence-corrected chi connectivity index (χ0v) is 8.43. The molecule has 0 N–H and O–H groups in total. The minimum Gasteiger partial charge on any atom is -0.290 e. The van der Waals surface area contributed by atoms with Gasteiger partial charge in [0.15, 0.2) is 5.82 Å². The minimum atomic E-state index is -0.348. The summed E-state index contributed by atoms with van der Waals surface area (Å²) in [5, 5.41) is 0. The number of Topliss-reactive ketones (excluding diaryl/α,β-unsaturated/α-hetero) is 1. The Kier molecular flexibility index (Phi) is 3.00. The van der Waals surface area contributed by atoms with Gasteiger partial charge in [-0.3, -0.25) is 4.79 Å². The Bertz CT molecular complexity index is 499. The Morgan fingerprint density at radius 1 is 1.19 bits per heavy atom. The van der Waals surface area contributed by atoms with Crippen molar-refractivity contribution >= 4 is 5.78 Å². The summed E-state index contributed by atoms with van der Waals surface area (Å²) in [6.07, 6.45) is 3.12. The third-order valence-corrected chi connectivity index (χ3v) is 2.07. The summed E-state index contributed by atoms with van der Waals surface area (Å²) in [5.74, 6) is -0.405. The van der Waals surface area contributed by atoms with Gasteiger partial charge in [-0.25, -0.2) is 14.4 Å². The monoisotopic (exact) mass is 216 g/mol. The van der Waals surface area contributed by atoms with Crippen LogP contribution in [0.25, 0.3) is 0 Å². The van der Waals surface area contributed by atoms with E-state index in [1.807, 2.05) is 0 Å². The van der Waals surface area contributed by atoms with Crippen molar-refractivity contribution in [3.8, 4) is 0 Å². The first-order valence-electron chi connectivity index (χ1n) is 4.80. The van der Waals surface area contributed by atoms with Crippen molar-refractivity contribution < 1.29 is 9.18 Å². The predicted molar refractivity (Wildman–Crippen MR) is 56.5 cm³/mol. The molecule has 1 aromatic heterocycles. The van der Waals surface area contributed by atoms with Crippen LogP contribution in [0.15, 0.2) is 42.7 Å². The molecule has 0 saturated heterocycles. The first-order chi connectivity index (χ1) is 7.75. The summed E-state index contributed by atoms with van der Waals surface area (Å²) in [4.78, 5) is 19.4. The smallest absolute Gasteiger partial charge is 0.204 e. The van der Waals surface area contributed by atoms with Gasteiger partial charge in [-0.05, 0) is 23.8 Å². The number of nitrogens with zero attached hydrogens (tertiary/aromatic N) is 2. The van der Waals surface area contributed by atoms with E-state index in [-0.39, 0.29) is 23.8 Å². The lowest BCUT2D eigenvalue weighted by molar-refractivity contribution is 0.0983. The van der Waals surface area contributed by atoms with Crippen LogP contribution in [0.4, 0.5) is 4.39 Å². The van der Waals surface area contributed by atoms with E-state index in [0.717, 1.165) is 0 Å². The van der Waals surface area contributed by atoms with Gasteiger partial charge in [-0.2, -0.15) is 0 Å². The molecule has 0 aliphatic heterocycles. The SMILES string of the molecule is O=C(Cc1cccc(F)c1)c1ncccn1. The number of hydrogen-bond acceptors (Lipinski definition) is 3. The number of carbonyl (C=O) groups is 1. The van der Waals surface area contributed by atoms with Crippen LogP contribution in [0, 0.1) is 5.82 Å². The van der Waals surface area contributed by atoms with E-state index in [1.54, 1.807) is 18.2 Å². The van der Waals surface area contributed by atoms with E-state index >= 15 is 0 Å². The molecule has 2 rings (SSSR count). The maximum absolute atomic E-state index is 12.9. The van der Waals surface area contributed by atoms with Crippen molar-refractivity contribution in [2.24, 2.45) is 0 Å². The van der Waals surface area contributed by atoms with Crippen LogP contribution in [0.1, 0.15) is 16.2 Å². The second-order valence-electron chi connectivity index (χ2n) is 3.30. The van der Waals surface area contributed by atoms with E-state index in [1.165, 1.54) is 24.5 Å². The summed E-state index contributed by atoms with van der Waals surface area (Å²) >= 11 is 0. The van der Waals surface area contributed by atoms with Crippen LogP contribution in [0.5, 0.6) is 0 Å². The number of halogens is 1. The molecule has 1 aromatic carbocycles. The number of aromatic nitrogens is 2. The molecule has 0 bridgehead atoms. The second kappa shape index (κ2) is 4.61. The fourth-order valence-corrected chi connectivity index (χ4v) is 1.35. The number of rotatable bonds is 3. The topological polar surface area (TPSA) is 42.9 Å². The zero-order chi connectivity index (χ0) is 11.4. The molecular weight excluding hydrogens is 207 g/mol. The van der Waals surface area contributed by atoms with Gasteiger partial charge < -0.3 is 0 Å². The first-order valence-corrected chi connectivity index (χ1v) is 4.80. The van der Waals surface area contributed by atoms with Crippen LogP contribution in [0.3, 0.4) is 0 Å². The minimum absolute atomic E-state index is 0.113. The Morgan fingerprint density at radius 3 is 2.62 bits per heavy atom. The van der Waals surface area contributed by atoms with Crippen molar-refractivity contribution in [1.82, 2.24) is 9.97 Å². The molecule has 0 unspecified atom stereocenters. The molecule has 0 aliphatic carbocycles. The maximum atomic E-state index is 12.9. The van der Waals surface area contributed by atoms with E-state index in [4.69, 9.17) is 0 Å². The Balaban J connectivity index is 2.14. The summed E-state index contributed by atoms with van der Waals surface area (Å²) in [6.45, 7) is 0. The molecule has 0 saturated carbocycles. The van der Waals surface area contributed by atoms with Gasteiger partial charge in [0.2, 0.25) is 5.78 Å². The van der Waals surface area contributed by atoms with Crippen molar-refractivity contribution in [2.45, 2.75) is 6.42 Å². The normalized spacial score (nSPS) is 10.1. The van der Waals surface area contributed by atoms with Gasteiger partial charge >= 0.3 is 0 Å². The van der Waals surface area contributed by atoms with Crippen LogP contribution in [-0.2, 0) is 6.42 Å². The molecule has 0 aliphatic rings. The predicted octanol–water partition coefficient (Wildman–Crippen LogP) is 2.04. The van der Waals surface area contributed by atoms with E-state index in [2.05, 4.69) is 9.97 Å². The first kappa shape index (κ1) is 10.4. The molecule has 16 heavy (non-hydrogen) atoms. The van der Waals surface area contributed by atoms with Crippen molar-refractivity contribution in [3.05, 3.63) is 59.9 Å². The Labute approximate surface area is 92.0 Å². The molecule has 0 fully saturated rings. The fraction of sp³-hybridized carbons (Fsp3) is 0.0833. The van der Waals surface area contributed by atoms with Gasteiger partial charge in [0.1, 0.15) is 5.82 Å². The molecule has 4 heteroatoms. The third-order valence-electron chi connectivity index (χ3n) is 2.07. The molecular formula is C12H9FN2O. The molecule has 80 valence electrons. The third kappa shape index (κ3) is 2.48. The van der Waals surface area contributed by atoms with E-state index in [0.29, 0.717) is 5.56 Å². The molecule has 3 nitrogen and oxygen atoms in total. The standard InChI is InChI=1S/C12H9FN2O/c13-10-4-1-3-9(7-10)8-11(16)12-14-5-2-6-15-12/h1-7H,8H2. The summed E-state index contributed by atoms with van der Waals surface area (Å²) in [7, 11) is 0. The molecule has 2 aromatic rings. The van der Waals surface area contributed by atoms with E-state index < -0.39 is 0 Å². The average Bonchev–Trinajstić information content (AvgIpc) is 2.30. The quantitative estimate of drug-likeness (QED) is 0.737. The maximum Gasteiger partial charge on any atom is 0.204 e. The van der Waals surface area contributed by atoms with Gasteiger partial charge in [-0.15, -0.1) is 0 Å². The molecule has 1 heterocycles. The number of benzene rings is 1. The van der Waals surface area contributed by atoms with Gasteiger partial charge in [0.05, 0.1) is 0 Å². The lowest BCUT2D eigenvalue weighted by atomic mass is 10.1. The van der Waals surface area contributed by atoms with Gasteiger partial charge in [0.25, 0.3) is 0 Å². The number of hydrogen-bond donors (Lipinski definition) is 0. The number of ketones is 1. The summed E-state index contributed by atoms with van der Waals surface area (Å²) < 4.78 is 12.9. The summed E-state index contributed by atoms with van der Waals surface area (Å²) in [5.41, 5.74) is 0.623. The highest BCUT2D eigenvalue weighted by atomic mass is 19.1. The average molecular weight is 216 g/mol. The molecule has 0 radical (unpaired) electrons. The summed E-state index contributed by atoms with van der Waals surface area (Å²) in [6, 6.07) is 7.58. The molecule has 0 amide bonds. The highest BCUT2D eigenvalue weighted by molar-refractivity contribution is 5.93. The van der Waals surface area contributed by atoms with Crippen LogP contribution < -0.4 is 0 Å². The fourth-order valence-electron chi connectivity index (χ4n) is 1.35. The molecule has 0 atom stereocenters. The van der Waals surface area contributed by atoms with Gasteiger partial charge in [0, 0.05) is 18.8 Å². The highest BCUT2D eigenvalue weighted by Gasteiger charge is 2.09. The Hall–Kier alpha value is -2.10. The van der Waals surface area contributed by atoms with Gasteiger partial charge in [-0.1, -0.05) is 12.1 Å². The van der Waals surface area contributed by atoms with E-state index in [9.17, 15) is 9.18 Å². The lowest BCUT2D eigenvalue weighted by Crippen LogP contribution is -2.08. The van der Waals surface area contributed by atoms with Crippen LogP contribution >= 0.6 is 0 Å². The van der Waals surface area contributed by atoms with Crippen LogP contribution in [0.2, 0.25) is 0 Å². The largest absolute Gasteiger partial charge is 0.290 e. The van der Waals surface area contributed by atoms with Crippen molar-refractivity contribution in [3.63, 3.8) is 0 Å². The molecule has 0 spiro atoms. The number of carbonyl (C=O) groups excluding carboxylic acids is 1. The van der Waals surface area contributed by atoms with Crippen molar-refractivity contribution in [2.75, 3.05) is 0 Å². The highest BCUT2D eigenvalue weighted by Crippen LogP contribution is 2.06. The Morgan fingerprint density at radius 2 is 1.94 bits per heavy atom.